The molecule has 0 bridgehead atoms. The zero-order valence-corrected chi connectivity index (χ0v) is 12.4. The van der Waals surface area contributed by atoms with Crippen molar-refractivity contribution in [2.45, 2.75) is 19.4 Å². The van der Waals surface area contributed by atoms with Gasteiger partial charge in [0.1, 0.15) is 17.4 Å². The number of amides is 1. The van der Waals surface area contributed by atoms with Gasteiger partial charge >= 0.3 is 0 Å². The quantitative estimate of drug-likeness (QED) is 0.940. The molecule has 22 heavy (non-hydrogen) atoms. The average Bonchev–Trinajstić information content (AvgIpc) is 2.49. The predicted octanol–water partition coefficient (Wildman–Crippen LogP) is 3.43. The van der Waals surface area contributed by atoms with Crippen molar-refractivity contribution in [3.05, 3.63) is 65.2 Å². The monoisotopic (exact) mass is 305 g/mol. The van der Waals surface area contributed by atoms with Gasteiger partial charge in [0, 0.05) is 12.6 Å². The van der Waals surface area contributed by atoms with E-state index >= 15 is 0 Å². The third-order valence-electron chi connectivity index (χ3n) is 3.72. The molecule has 2 aromatic rings. The van der Waals surface area contributed by atoms with E-state index in [1.165, 1.54) is 17.0 Å². The standard InChI is InChI=1S/C17H17F2NO2/c1-11(12-5-3-6-13(21)9-12)20(2)17(22)10-14-15(18)7-4-8-16(14)19/h3-9,11,21H,10H2,1-2H3/t11-/m1/s1. The molecule has 5 heteroatoms. The average molecular weight is 305 g/mol. The predicted molar refractivity (Wildman–Crippen MR) is 79.4 cm³/mol. The van der Waals surface area contributed by atoms with Gasteiger partial charge in [-0.2, -0.15) is 0 Å². The first-order valence-electron chi connectivity index (χ1n) is 6.87. The fourth-order valence-electron chi connectivity index (χ4n) is 2.20. The number of nitrogens with zero attached hydrogens (tertiary/aromatic N) is 1. The Hall–Kier alpha value is -2.43. The molecule has 0 radical (unpaired) electrons. The Morgan fingerprint density at radius 2 is 1.77 bits per heavy atom. The second-order valence-corrected chi connectivity index (χ2v) is 5.15. The first-order chi connectivity index (χ1) is 10.4. The van der Waals surface area contributed by atoms with E-state index in [0.717, 1.165) is 17.7 Å². The summed E-state index contributed by atoms with van der Waals surface area (Å²) in [6.07, 6.45) is -0.349. The lowest BCUT2D eigenvalue weighted by Crippen LogP contribution is -2.31. The van der Waals surface area contributed by atoms with E-state index in [0.29, 0.717) is 0 Å². The molecule has 0 aliphatic carbocycles. The van der Waals surface area contributed by atoms with Gasteiger partial charge in [-0.1, -0.05) is 18.2 Å². The molecule has 0 unspecified atom stereocenters. The van der Waals surface area contributed by atoms with Gasteiger partial charge in [-0.3, -0.25) is 4.79 Å². The Labute approximate surface area is 127 Å². The molecule has 2 aromatic carbocycles. The molecule has 0 aliphatic heterocycles. The van der Waals surface area contributed by atoms with Crippen LogP contribution in [-0.2, 0) is 11.2 Å². The lowest BCUT2D eigenvalue weighted by molar-refractivity contribution is -0.131. The molecule has 1 atom stereocenters. The van der Waals surface area contributed by atoms with E-state index in [2.05, 4.69) is 0 Å². The van der Waals surface area contributed by atoms with E-state index in [1.54, 1.807) is 32.2 Å². The topological polar surface area (TPSA) is 40.5 Å². The fourth-order valence-corrected chi connectivity index (χ4v) is 2.20. The number of hydrogen-bond acceptors (Lipinski definition) is 2. The number of benzene rings is 2. The van der Waals surface area contributed by atoms with Crippen molar-refractivity contribution in [2.75, 3.05) is 7.05 Å². The molecule has 1 N–H and O–H groups in total. The first-order valence-corrected chi connectivity index (χ1v) is 6.87. The fraction of sp³-hybridized carbons (Fsp3) is 0.235. The summed E-state index contributed by atoms with van der Waals surface area (Å²) in [4.78, 5) is 13.7. The van der Waals surface area contributed by atoms with E-state index in [4.69, 9.17) is 0 Å². The zero-order chi connectivity index (χ0) is 16.3. The van der Waals surface area contributed by atoms with Gasteiger partial charge in [0.15, 0.2) is 0 Å². The van der Waals surface area contributed by atoms with Gasteiger partial charge in [-0.15, -0.1) is 0 Å². The number of phenols is 1. The van der Waals surface area contributed by atoms with Crippen LogP contribution in [0.3, 0.4) is 0 Å². The van der Waals surface area contributed by atoms with Crippen LogP contribution in [0.1, 0.15) is 24.1 Å². The summed E-state index contributed by atoms with van der Waals surface area (Å²) < 4.78 is 27.2. The SMILES string of the molecule is C[C@H](c1cccc(O)c1)N(C)C(=O)Cc1c(F)cccc1F. The number of aromatic hydroxyl groups is 1. The Morgan fingerprint density at radius 1 is 1.18 bits per heavy atom. The van der Waals surface area contributed by atoms with Gasteiger partial charge < -0.3 is 10.0 Å². The summed E-state index contributed by atoms with van der Waals surface area (Å²) in [7, 11) is 1.57. The van der Waals surface area contributed by atoms with Crippen LogP contribution >= 0.6 is 0 Å². The number of likely N-dealkylation sites (N-methyl/N-ethyl adjacent to an activating group) is 1. The van der Waals surface area contributed by atoms with Gasteiger partial charge in [0.2, 0.25) is 5.91 Å². The number of hydrogen-bond donors (Lipinski definition) is 1. The Bertz CT molecular complexity index is 668. The smallest absolute Gasteiger partial charge is 0.227 e. The largest absolute Gasteiger partial charge is 0.508 e. The minimum Gasteiger partial charge on any atom is -0.508 e. The molecule has 0 spiro atoms. The molecule has 0 heterocycles. The number of rotatable bonds is 4. The van der Waals surface area contributed by atoms with Crippen molar-refractivity contribution in [1.29, 1.82) is 0 Å². The molecule has 0 aromatic heterocycles. The zero-order valence-electron chi connectivity index (χ0n) is 12.4. The van der Waals surface area contributed by atoms with Crippen LogP contribution in [0.5, 0.6) is 5.75 Å². The summed E-state index contributed by atoms with van der Waals surface area (Å²) >= 11 is 0. The molecule has 116 valence electrons. The molecule has 0 aliphatic rings. The first kappa shape index (κ1) is 15.9. The highest BCUT2D eigenvalue weighted by molar-refractivity contribution is 5.79. The van der Waals surface area contributed by atoms with Crippen LogP contribution in [0.25, 0.3) is 0 Å². The van der Waals surface area contributed by atoms with Gasteiger partial charge in [0.05, 0.1) is 12.5 Å². The second-order valence-electron chi connectivity index (χ2n) is 5.15. The summed E-state index contributed by atoms with van der Waals surface area (Å²) in [5.74, 6) is -1.76. The van der Waals surface area contributed by atoms with Gasteiger partial charge in [-0.05, 0) is 36.8 Å². The molecular weight excluding hydrogens is 288 g/mol. The van der Waals surface area contributed by atoms with E-state index < -0.39 is 17.5 Å². The maximum atomic E-state index is 13.6. The van der Waals surface area contributed by atoms with Crippen molar-refractivity contribution < 1.29 is 18.7 Å². The lowest BCUT2D eigenvalue weighted by Gasteiger charge is -2.25. The van der Waals surface area contributed by atoms with Crippen molar-refractivity contribution in [1.82, 2.24) is 4.90 Å². The van der Waals surface area contributed by atoms with Gasteiger partial charge in [0.25, 0.3) is 0 Å². The second kappa shape index (κ2) is 6.56. The minimum atomic E-state index is -0.730. The highest BCUT2D eigenvalue weighted by atomic mass is 19.1. The molecule has 0 saturated carbocycles. The van der Waals surface area contributed by atoms with Crippen LogP contribution in [0.4, 0.5) is 8.78 Å². The maximum Gasteiger partial charge on any atom is 0.227 e. The van der Waals surface area contributed by atoms with E-state index in [-0.39, 0.29) is 23.8 Å². The number of halogens is 2. The third-order valence-corrected chi connectivity index (χ3v) is 3.72. The van der Waals surface area contributed by atoms with Crippen LogP contribution in [0.15, 0.2) is 42.5 Å². The highest BCUT2D eigenvalue weighted by Crippen LogP contribution is 2.23. The van der Waals surface area contributed by atoms with Crippen LogP contribution in [0.2, 0.25) is 0 Å². The van der Waals surface area contributed by atoms with Crippen LogP contribution in [0, 0.1) is 11.6 Å². The summed E-state index contributed by atoms with van der Waals surface area (Å²) in [6.45, 7) is 1.78. The molecular formula is C17H17F2NO2. The molecule has 3 nitrogen and oxygen atoms in total. The maximum absolute atomic E-state index is 13.6. The van der Waals surface area contributed by atoms with E-state index in [9.17, 15) is 18.7 Å². The van der Waals surface area contributed by atoms with E-state index in [1.807, 2.05) is 0 Å². The molecule has 0 saturated heterocycles. The summed E-state index contributed by atoms with van der Waals surface area (Å²) in [5, 5.41) is 9.49. The Balaban J connectivity index is 2.15. The van der Waals surface area contributed by atoms with Gasteiger partial charge in [-0.25, -0.2) is 8.78 Å². The van der Waals surface area contributed by atoms with Crippen LogP contribution < -0.4 is 0 Å². The lowest BCUT2D eigenvalue weighted by atomic mass is 10.1. The normalized spacial score (nSPS) is 12.0. The van der Waals surface area contributed by atoms with Crippen LogP contribution in [-0.4, -0.2) is 23.0 Å². The summed E-state index contributed by atoms with van der Waals surface area (Å²) in [5.41, 5.74) is 0.507. The van der Waals surface area contributed by atoms with Crippen molar-refractivity contribution >= 4 is 5.91 Å². The molecule has 1 amide bonds. The minimum absolute atomic E-state index is 0.102. The number of carbonyl (C=O) groups excluding carboxylic acids is 1. The highest BCUT2D eigenvalue weighted by Gasteiger charge is 2.20. The van der Waals surface area contributed by atoms with Crippen molar-refractivity contribution in [2.24, 2.45) is 0 Å². The third kappa shape index (κ3) is 3.42. The Morgan fingerprint density at radius 3 is 2.36 bits per heavy atom. The molecule has 0 fully saturated rings. The number of carbonyl (C=O) groups is 1. The number of phenolic OH excluding ortho intramolecular Hbond substituents is 1. The van der Waals surface area contributed by atoms with Crippen molar-refractivity contribution in [3.8, 4) is 5.75 Å². The molecule has 2 rings (SSSR count). The van der Waals surface area contributed by atoms with Crippen molar-refractivity contribution in [3.63, 3.8) is 0 Å². The summed E-state index contributed by atoms with van der Waals surface area (Å²) in [6, 6.07) is 9.74. The Kier molecular flexibility index (Phi) is 4.75.